The van der Waals surface area contributed by atoms with E-state index in [-0.39, 0.29) is 0 Å². The Labute approximate surface area is 132 Å². The van der Waals surface area contributed by atoms with E-state index in [1.807, 2.05) is 0 Å². The predicted molar refractivity (Wildman–Crippen MR) is 91.2 cm³/mol. The number of halogens is 1. The maximum atomic E-state index is 6.13. The Balaban J connectivity index is 1.94. The molecule has 2 heteroatoms. The van der Waals surface area contributed by atoms with Crippen molar-refractivity contribution in [3.63, 3.8) is 0 Å². The fourth-order valence-electron chi connectivity index (χ4n) is 3.63. The van der Waals surface area contributed by atoms with E-state index in [9.17, 15) is 0 Å². The minimum atomic E-state index is 0.412. The van der Waals surface area contributed by atoms with Crippen LogP contribution in [-0.4, -0.2) is 8.83 Å². The Kier molecular flexibility index (Phi) is 3.32. The summed E-state index contributed by atoms with van der Waals surface area (Å²) < 4.78 is 0. The minimum Gasteiger partial charge on any atom is -0.171 e. The molecule has 0 N–H and O–H groups in total. The van der Waals surface area contributed by atoms with Gasteiger partial charge in [0.25, 0.3) is 0 Å². The van der Waals surface area contributed by atoms with E-state index in [0.29, 0.717) is 20.7 Å². The van der Waals surface area contributed by atoms with Crippen LogP contribution in [-0.2, 0) is 0 Å². The summed E-state index contributed by atoms with van der Waals surface area (Å²) in [5.41, 5.74) is 7.16. The molecule has 0 fully saturated rings. The summed E-state index contributed by atoms with van der Waals surface area (Å²) in [4.78, 5) is 0. The molecule has 0 aromatic heterocycles. The highest BCUT2D eigenvalue weighted by Gasteiger charge is 2.31. The number of hydrogen-bond acceptors (Lipinski definition) is 0. The molecule has 2 aliphatic carbocycles. The molecular formula is C19H15ClSi. The highest BCUT2D eigenvalue weighted by Crippen LogP contribution is 2.49. The lowest BCUT2D eigenvalue weighted by Gasteiger charge is -2.18. The van der Waals surface area contributed by atoms with Gasteiger partial charge in [-0.15, -0.1) is 0 Å². The second kappa shape index (κ2) is 5.32. The molecule has 2 aromatic rings. The molecule has 0 spiro atoms. The van der Waals surface area contributed by atoms with Crippen LogP contribution in [0.4, 0.5) is 0 Å². The van der Waals surface area contributed by atoms with Crippen LogP contribution >= 0.6 is 11.1 Å². The lowest BCUT2D eigenvalue weighted by atomic mass is 9.88. The van der Waals surface area contributed by atoms with Crippen molar-refractivity contribution in [2.75, 3.05) is 0 Å². The van der Waals surface area contributed by atoms with Crippen LogP contribution in [0.2, 0.25) is 6.04 Å². The van der Waals surface area contributed by atoms with Gasteiger partial charge in [0.1, 0.15) is 0 Å². The summed E-state index contributed by atoms with van der Waals surface area (Å²) in [5, 5.41) is 0. The van der Waals surface area contributed by atoms with Gasteiger partial charge in [0.2, 0.25) is 0 Å². The summed E-state index contributed by atoms with van der Waals surface area (Å²) in [5.74, 6) is 0.862. The quantitative estimate of drug-likeness (QED) is 0.534. The second-order valence-electron chi connectivity index (χ2n) is 5.58. The van der Waals surface area contributed by atoms with Gasteiger partial charge in [-0.05, 0) is 33.9 Å². The van der Waals surface area contributed by atoms with E-state index < -0.39 is 0 Å². The molecule has 4 rings (SSSR count). The van der Waals surface area contributed by atoms with E-state index in [1.165, 1.54) is 27.8 Å². The maximum Gasteiger partial charge on any atom is 0.172 e. The molecule has 0 nitrogen and oxygen atoms in total. The average molecular weight is 307 g/mol. The number of fused-ring (bicyclic) bond motifs is 3. The van der Waals surface area contributed by atoms with E-state index in [4.69, 9.17) is 11.1 Å². The molecule has 2 aromatic carbocycles. The van der Waals surface area contributed by atoms with E-state index in [2.05, 4.69) is 66.8 Å². The second-order valence-corrected chi connectivity index (χ2v) is 7.06. The predicted octanol–water partition coefficient (Wildman–Crippen LogP) is 5.28. The summed E-state index contributed by atoms with van der Waals surface area (Å²) in [6, 6.07) is 16.5. The Morgan fingerprint density at radius 1 is 0.857 bits per heavy atom. The molecular weight excluding hydrogens is 292 g/mol. The summed E-state index contributed by atoms with van der Waals surface area (Å²) in [6.45, 7) is 0. The molecule has 0 bridgehead atoms. The summed E-state index contributed by atoms with van der Waals surface area (Å²) in [6.07, 6.45) is 8.84. The standard InChI is InChI=1S/C19H15ClSi/c20-21-12-18-16-9-4-3-8-15(16)17-11-5-10-14(19(17)18)13-6-1-2-7-13/h1-11,13,18H,12H2. The van der Waals surface area contributed by atoms with Crippen molar-refractivity contribution in [3.05, 3.63) is 83.5 Å². The summed E-state index contributed by atoms with van der Waals surface area (Å²) in [7, 11) is 0.459. The van der Waals surface area contributed by atoms with Crippen LogP contribution in [0.3, 0.4) is 0 Å². The highest BCUT2D eigenvalue weighted by molar-refractivity contribution is 6.93. The largest absolute Gasteiger partial charge is 0.172 e. The van der Waals surface area contributed by atoms with E-state index in [1.54, 1.807) is 0 Å². The van der Waals surface area contributed by atoms with Gasteiger partial charge in [0.15, 0.2) is 8.83 Å². The zero-order valence-electron chi connectivity index (χ0n) is 11.6. The van der Waals surface area contributed by atoms with Gasteiger partial charge in [0, 0.05) is 11.8 Å². The fourth-order valence-corrected chi connectivity index (χ4v) is 4.67. The first-order valence-electron chi connectivity index (χ1n) is 7.30. The van der Waals surface area contributed by atoms with Gasteiger partial charge in [-0.1, -0.05) is 66.8 Å². The van der Waals surface area contributed by atoms with Crippen LogP contribution in [0.25, 0.3) is 11.1 Å². The Hall–Kier alpha value is -1.57. The molecule has 0 amide bonds. The Morgan fingerprint density at radius 2 is 1.57 bits per heavy atom. The normalized spacial score (nSPS) is 19.0. The Bertz CT molecular complexity index is 733. The molecule has 1 atom stereocenters. The lowest BCUT2D eigenvalue weighted by Crippen LogP contribution is -2.03. The number of hydrogen-bond donors (Lipinski definition) is 0. The van der Waals surface area contributed by atoms with Gasteiger partial charge in [0.05, 0.1) is 0 Å². The van der Waals surface area contributed by atoms with Gasteiger partial charge >= 0.3 is 0 Å². The molecule has 2 radical (unpaired) electrons. The first-order chi connectivity index (χ1) is 10.4. The van der Waals surface area contributed by atoms with Crippen LogP contribution in [0.5, 0.6) is 0 Å². The topological polar surface area (TPSA) is 0 Å². The molecule has 1 unspecified atom stereocenters. The van der Waals surface area contributed by atoms with Crippen LogP contribution < -0.4 is 0 Å². The first kappa shape index (κ1) is 13.1. The molecule has 0 saturated heterocycles. The third-order valence-corrected chi connectivity index (χ3v) is 5.53. The summed E-state index contributed by atoms with van der Waals surface area (Å²) >= 11 is 6.13. The molecule has 0 heterocycles. The van der Waals surface area contributed by atoms with Crippen LogP contribution in [0, 0.1) is 0 Å². The maximum absolute atomic E-state index is 6.13. The van der Waals surface area contributed by atoms with Gasteiger partial charge in [-0.3, -0.25) is 0 Å². The van der Waals surface area contributed by atoms with Crippen molar-refractivity contribution in [3.8, 4) is 11.1 Å². The van der Waals surface area contributed by atoms with Crippen molar-refractivity contribution in [1.29, 1.82) is 0 Å². The molecule has 0 aliphatic heterocycles. The monoisotopic (exact) mass is 306 g/mol. The molecule has 21 heavy (non-hydrogen) atoms. The third-order valence-electron chi connectivity index (χ3n) is 4.50. The zero-order chi connectivity index (χ0) is 14.2. The lowest BCUT2D eigenvalue weighted by molar-refractivity contribution is 0.913. The van der Waals surface area contributed by atoms with Crippen LogP contribution in [0.1, 0.15) is 28.5 Å². The number of allylic oxidation sites excluding steroid dienone is 4. The van der Waals surface area contributed by atoms with Gasteiger partial charge in [-0.2, -0.15) is 11.1 Å². The fraction of sp³-hybridized carbons (Fsp3) is 0.158. The SMILES string of the molecule is Cl[Si]CC1c2ccccc2-c2cccc(C3C=CC=C3)c21. The number of benzene rings is 2. The Morgan fingerprint density at radius 3 is 2.38 bits per heavy atom. The molecule has 2 aliphatic rings. The van der Waals surface area contributed by atoms with E-state index in [0.717, 1.165) is 6.04 Å². The van der Waals surface area contributed by atoms with Crippen molar-refractivity contribution >= 4 is 19.9 Å². The number of rotatable bonds is 3. The smallest absolute Gasteiger partial charge is 0.171 e. The van der Waals surface area contributed by atoms with E-state index >= 15 is 0 Å². The average Bonchev–Trinajstić information content (AvgIpc) is 3.15. The minimum absolute atomic E-state index is 0.412. The van der Waals surface area contributed by atoms with Gasteiger partial charge < -0.3 is 0 Å². The van der Waals surface area contributed by atoms with Crippen molar-refractivity contribution in [1.82, 2.24) is 0 Å². The molecule has 102 valence electrons. The highest BCUT2D eigenvalue weighted by atomic mass is 35.6. The first-order valence-corrected chi connectivity index (χ1v) is 9.52. The zero-order valence-corrected chi connectivity index (χ0v) is 13.3. The van der Waals surface area contributed by atoms with Gasteiger partial charge in [-0.25, -0.2) is 0 Å². The molecule has 0 saturated carbocycles. The van der Waals surface area contributed by atoms with Crippen molar-refractivity contribution in [2.24, 2.45) is 0 Å². The van der Waals surface area contributed by atoms with Crippen molar-refractivity contribution in [2.45, 2.75) is 17.9 Å². The van der Waals surface area contributed by atoms with Crippen molar-refractivity contribution < 1.29 is 0 Å². The third kappa shape index (κ3) is 2.04. The van der Waals surface area contributed by atoms with Crippen LogP contribution in [0.15, 0.2) is 66.8 Å².